The first-order valence-electron chi connectivity index (χ1n) is 6.86. The van der Waals surface area contributed by atoms with E-state index >= 15 is 0 Å². The van der Waals surface area contributed by atoms with Gasteiger partial charge >= 0.3 is 5.97 Å². The van der Waals surface area contributed by atoms with Gasteiger partial charge < -0.3 is 19.9 Å². The van der Waals surface area contributed by atoms with Gasteiger partial charge in [0.1, 0.15) is 6.04 Å². The molecule has 1 fully saturated rings. The second kappa shape index (κ2) is 6.61. The van der Waals surface area contributed by atoms with Gasteiger partial charge in [-0.15, -0.1) is 0 Å². The molecule has 1 saturated carbocycles. The molecular weight excluding hydrogens is 258 g/mol. The monoisotopic (exact) mass is 279 g/mol. The SMILES string of the molecule is COc1cc(C)ccc1OCCC(NC1CC1)C(=O)O. The van der Waals surface area contributed by atoms with E-state index in [9.17, 15) is 4.79 Å². The van der Waals surface area contributed by atoms with E-state index in [4.69, 9.17) is 14.6 Å². The second-order valence-corrected chi connectivity index (χ2v) is 5.12. The van der Waals surface area contributed by atoms with E-state index in [1.54, 1.807) is 7.11 Å². The van der Waals surface area contributed by atoms with Gasteiger partial charge in [0.05, 0.1) is 13.7 Å². The second-order valence-electron chi connectivity index (χ2n) is 5.12. The lowest BCUT2D eigenvalue weighted by Crippen LogP contribution is -2.39. The molecule has 0 spiro atoms. The molecule has 0 amide bonds. The number of hydrogen-bond acceptors (Lipinski definition) is 4. The van der Waals surface area contributed by atoms with Crippen molar-refractivity contribution in [3.63, 3.8) is 0 Å². The van der Waals surface area contributed by atoms with Crippen molar-refractivity contribution in [3.05, 3.63) is 23.8 Å². The first-order valence-corrected chi connectivity index (χ1v) is 6.86. The van der Waals surface area contributed by atoms with Crippen LogP contribution in [0.1, 0.15) is 24.8 Å². The first kappa shape index (κ1) is 14.7. The standard InChI is InChI=1S/C15H21NO4/c1-10-3-6-13(14(9-10)19-2)20-8-7-12(15(17)18)16-11-4-5-11/h3,6,9,11-12,16H,4-5,7-8H2,1-2H3,(H,17,18). The predicted octanol–water partition coefficient (Wildman–Crippen LogP) is 1.98. The molecule has 1 aromatic carbocycles. The van der Waals surface area contributed by atoms with Crippen LogP contribution in [-0.4, -0.2) is 36.9 Å². The van der Waals surface area contributed by atoms with Crippen molar-refractivity contribution in [2.45, 2.75) is 38.3 Å². The highest BCUT2D eigenvalue weighted by atomic mass is 16.5. The Bertz CT molecular complexity index is 471. The van der Waals surface area contributed by atoms with Crippen molar-refractivity contribution >= 4 is 5.97 Å². The Hall–Kier alpha value is -1.75. The van der Waals surface area contributed by atoms with Gasteiger partial charge in [-0.3, -0.25) is 4.79 Å². The average Bonchev–Trinajstić information content (AvgIpc) is 3.22. The number of aryl methyl sites for hydroxylation is 1. The summed E-state index contributed by atoms with van der Waals surface area (Å²) in [6.45, 7) is 2.32. The third kappa shape index (κ3) is 4.13. The summed E-state index contributed by atoms with van der Waals surface area (Å²) in [5, 5.41) is 12.2. The number of carboxylic acid groups (broad SMARTS) is 1. The fourth-order valence-electron chi connectivity index (χ4n) is 1.99. The molecule has 1 unspecified atom stereocenters. The molecule has 0 heterocycles. The minimum absolute atomic E-state index is 0.343. The Balaban J connectivity index is 1.86. The van der Waals surface area contributed by atoms with Crippen LogP contribution in [-0.2, 0) is 4.79 Å². The normalized spacial score (nSPS) is 15.7. The molecule has 5 heteroatoms. The van der Waals surface area contributed by atoms with Gasteiger partial charge in [-0.1, -0.05) is 6.07 Å². The molecule has 1 aromatic rings. The van der Waals surface area contributed by atoms with Crippen LogP contribution in [0, 0.1) is 6.92 Å². The van der Waals surface area contributed by atoms with Crippen LogP contribution >= 0.6 is 0 Å². The highest BCUT2D eigenvalue weighted by Crippen LogP contribution is 2.28. The summed E-state index contributed by atoms with van der Waals surface area (Å²) in [4.78, 5) is 11.1. The Kier molecular flexibility index (Phi) is 4.84. The van der Waals surface area contributed by atoms with Crippen LogP contribution in [0.3, 0.4) is 0 Å². The molecule has 1 aliphatic carbocycles. The van der Waals surface area contributed by atoms with Crippen molar-refractivity contribution in [1.29, 1.82) is 0 Å². The van der Waals surface area contributed by atoms with E-state index in [1.807, 2.05) is 25.1 Å². The van der Waals surface area contributed by atoms with Crippen LogP contribution in [0.2, 0.25) is 0 Å². The molecule has 20 heavy (non-hydrogen) atoms. The van der Waals surface area contributed by atoms with E-state index in [1.165, 1.54) is 0 Å². The Morgan fingerprint density at radius 3 is 2.80 bits per heavy atom. The highest BCUT2D eigenvalue weighted by Gasteiger charge is 2.28. The lowest BCUT2D eigenvalue weighted by Gasteiger charge is -2.15. The lowest BCUT2D eigenvalue weighted by molar-refractivity contribution is -0.139. The molecule has 0 radical (unpaired) electrons. The third-order valence-corrected chi connectivity index (χ3v) is 3.30. The van der Waals surface area contributed by atoms with E-state index in [0.29, 0.717) is 30.6 Å². The number of benzene rings is 1. The van der Waals surface area contributed by atoms with E-state index < -0.39 is 12.0 Å². The van der Waals surface area contributed by atoms with Gasteiger partial charge in [0, 0.05) is 12.5 Å². The fraction of sp³-hybridized carbons (Fsp3) is 0.533. The zero-order valence-corrected chi connectivity index (χ0v) is 11.9. The highest BCUT2D eigenvalue weighted by molar-refractivity contribution is 5.73. The summed E-state index contributed by atoms with van der Waals surface area (Å²) in [5.41, 5.74) is 1.09. The van der Waals surface area contributed by atoms with Crippen molar-refractivity contribution < 1.29 is 19.4 Å². The summed E-state index contributed by atoms with van der Waals surface area (Å²) >= 11 is 0. The summed E-state index contributed by atoms with van der Waals surface area (Å²) < 4.78 is 10.9. The Morgan fingerprint density at radius 2 is 2.20 bits per heavy atom. The minimum Gasteiger partial charge on any atom is -0.493 e. The molecule has 0 aromatic heterocycles. The van der Waals surface area contributed by atoms with E-state index in [2.05, 4.69) is 5.32 Å². The molecule has 1 aliphatic rings. The number of ether oxygens (including phenoxy) is 2. The molecule has 0 saturated heterocycles. The van der Waals surface area contributed by atoms with E-state index in [-0.39, 0.29) is 0 Å². The molecule has 2 N–H and O–H groups in total. The average molecular weight is 279 g/mol. The largest absolute Gasteiger partial charge is 0.493 e. The minimum atomic E-state index is -0.823. The molecular formula is C15H21NO4. The van der Waals surface area contributed by atoms with Crippen molar-refractivity contribution in [2.24, 2.45) is 0 Å². The summed E-state index contributed by atoms with van der Waals surface area (Å²) in [6.07, 6.45) is 2.57. The first-order chi connectivity index (χ1) is 9.60. The van der Waals surface area contributed by atoms with Crippen molar-refractivity contribution in [1.82, 2.24) is 5.32 Å². The zero-order valence-electron chi connectivity index (χ0n) is 11.9. The van der Waals surface area contributed by atoms with Gasteiger partial charge in [0.15, 0.2) is 11.5 Å². The predicted molar refractivity (Wildman–Crippen MR) is 75.4 cm³/mol. The van der Waals surface area contributed by atoms with E-state index in [0.717, 1.165) is 18.4 Å². The van der Waals surface area contributed by atoms with Crippen LogP contribution in [0.5, 0.6) is 11.5 Å². The number of nitrogens with one attached hydrogen (secondary N) is 1. The lowest BCUT2D eigenvalue weighted by atomic mass is 10.2. The molecule has 5 nitrogen and oxygen atoms in total. The van der Waals surface area contributed by atoms with Crippen molar-refractivity contribution in [2.75, 3.05) is 13.7 Å². The quantitative estimate of drug-likeness (QED) is 0.761. The summed E-state index contributed by atoms with van der Waals surface area (Å²) in [7, 11) is 1.59. The maximum atomic E-state index is 11.1. The molecule has 2 rings (SSSR count). The molecule has 0 bridgehead atoms. The number of carbonyl (C=O) groups is 1. The van der Waals surface area contributed by atoms with Gasteiger partial charge in [0.2, 0.25) is 0 Å². The Morgan fingerprint density at radius 1 is 1.45 bits per heavy atom. The maximum absolute atomic E-state index is 11.1. The zero-order chi connectivity index (χ0) is 14.5. The number of carboxylic acids is 1. The third-order valence-electron chi connectivity index (χ3n) is 3.30. The van der Waals surface area contributed by atoms with Crippen molar-refractivity contribution in [3.8, 4) is 11.5 Å². The van der Waals surface area contributed by atoms with Gasteiger partial charge in [-0.25, -0.2) is 0 Å². The molecule has 110 valence electrons. The molecule has 0 aliphatic heterocycles. The summed E-state index contributed by atoms with van der Waals surface area (Å²) in [5.74, 6) is 0.497. The van der Waals surface area contributed by atoms with Gasteiger partial charge in [0.25, 0.3) is 0 Å². The maximum Gasteiger partial charge on any atom is 0.320 e. The number of methoxy groups -OCH3 is 1. The van der Waals surface area contributed by atoms with Crippen LogP contribution in [0.25, 0.3) is 0 Å². The van der Waals surface area contributed by atoms with Gasteiger partial charge in [-0.2, -0.15) is 0 Å². The Labute approximate surface area is 118 Å². The smallest absolute Gasteiger partial charge is 0.320 e. The van der Waals surface area contributed by atoms with Crippen LogP contribution in [0.15, 0.2) is 18.2 Å². The fourth-order valence-corrected chi connectivity index (χ4v) is 1.99. The number of hydrogen-bond donors (Lipinski definition) is 2. The van der Waals surface area contributed by atoms with Gasteiger partial charge in [-0.05, 0) is 37.5 Å². The summed E-state index contributed by atoms with van der Waals surface area (Å²) in [6, 6.07) is 5.50. The molecule has 1 atom stereocenters. The number of aliphatic carboxylic acids is 1. The van der Waals surface area contributed by atoms with Crippen LogP contribution in [0.4, 0.5) is 0 Å². The number of rotatable bonds is 8. The topological polar surface area (TPSA) is 67.8 Å². The van der Waals surface area contributed by atoms with Crippen LogP contribution < -0.4 is 14.8 Å².